The van der Waals surface area contributed by atoms with Gasteiger partial charge in [0.1, 0.15) is 0 Å². The largest absolute Gasteiger partial charge is 1.00 e. The van der Waals surface area contributed by atoms with Gasteiger partial charge in [-0.2, -0.15) is 0 Å². The molecule has 0 fully saturated rings. The summed E-state index contributed by atoms with van der Waals surface area (Å²) >= 11 is 0. The molecule has 0 amide bonds. The topological polar surface area (TPSA) is 23.1 Å². The summed E-state index contributed by atoms with van der Waals surface area (Å²) in [6.07, 6.45) is 0. The molecule has 0 spiro atoms. The summed E-state index contributed by atoms with van der Waals surface area (Å²) in [4.78, 5) is 0. The Hall–Kier alpha value is -0.240. The second kappa shape index (κ2) is 4.60. The van der Waals surface area contributed by atoms with Crippen LogP contribution in [0.2, 0.25) is 0 Å². The molecule has 1 aromatic rings. The van der Waals surface area contributed by atoms with Gasteiger partial charge in [-0.25, -0.2) is 0 Å². The van der Waals surface area contributed by atoms with E-state index < -0.39 is 0 Å². The Morgan fingerprint density at radius 1 is 1.27 bits per heavy atom. The van der Waals surface area contributed by atoms with Gasteiger partial charge in [-0.3, -0.25) is 0 Å². The van der Waals surface area contributed by atoms with Gasteiger partial charge in [0.25, 0.3) is 0 Å². The van der Waals surface area contributed by atoms with E-state index in [9.17, 15) is 5.11 Å². The fourth-order valence-corrected chi connectivity index (χ4v) is 0.739. The van der Waals surface area contributed by atoms with Crippen LogP contribution in [0.1, 0.15) is 12.5 Å². The Kier molecular flexibility index (Phi) is 4.50. The van der Waals surface area contributed by atoms with Crippen LogP contribution in [0, 0.1) is 0 Å². The van der Waals surface area contributed by atoms with Crippen molar-refractivity contribution in [2.75, 3.05) is 0 Å². The van der Waals surface area contributed by atoms with Gasteiger partial charge < -0.3 is 5.11 Å². The Morgan fingerprint density at radius 3 is 2.09 bits per heavy atom. The first-order valence-corrected chi connectivity index (χ1v) is 3.13. The van der Waals surface area contributed by atoms with Crippen LogP contribution in [0.3, 0.4) is 0 Å². The standard InChI is InChI=1S/C9H10O.Na/c1-7(2)8-3-5-9(10)6-4-8;/h3-6,10H,1H2,2H3;/q;+1/p-1. The molecule has 0 aliphatic rings. The molecule has 0 saturated heterocycles. The smallest absolute Gasteiger partial charge is 0.872 e. The van der Waals surface area contributed by atoms with Crippen molar-refractivity contribution < 1.29 is 34.7 Å². The maximum Gasteiger partial charge on any atom is 1.00 e. The molecule has 52 valence electrons. The molecule has 1 aromatic carbocycles. The van der Waals surface area contributed by atoms with Crippen molar-refractivity contribution in [3.05, 3.63) is 36.4 Å². The quantitative estimate of drug-likeness (QED) is 0.468. The van der Waals surface area contributed by atoms with Gasteiger partial charge in [-0.05, 0) is 12.5 Å². The molecule has 1 nitrogen and oxygen atoms in total. The first-order valence-electron chi connectivity index (χ1n) is 3.13. The second-order valence-electron chi connectivity index (χ2n) is 2.30. The first kappa shape index (κ1) is 10.8. The third-order valence-electron chi connectivity index (χ3n) is 1.35. The van der Waals surface area contributed by atoms with Gasteiger partial charge in [-0.1, -0.05) is 36.4 Å². The number of rotatable bonds is 1. The van der Waals surface area contributed by atoms with Crippen molar-refractivity contribution in [2.24, 2.45) is 0 Å². The Balaban J connectivity index is 0.000001000. The van der Waals surface area contributed by atoms with Crippen molar-refractivity contribution in [1.29, 1.82) is 0 Å². The third-order valence-corrected chi connectivity index (χ3v) is 1.35. The fourth-order valence-electron chi connectivity index (χ4n) is 0.739. The van der Waals surface area contributed by atoms with Gasteiger partial charge in [0.05, 0.1) is 0 Å². The molecule has 0 radical (unpaired) electrons. The molecule has 0 saturated carbocycles. The minimum atomic E-state index is 0. The minimum Gasteiger partial charge on any atom is -0.872 e. The summed E-state index contributed by atoms with van der Waals surface area (Å²) in [5.74, 6) is 0.0463. The molecule has 0 aromatic heterocycles. The van der Waals surface area contributed by atoms with E-state index in [-0.39, 0.29) is 35.3 Å². The average molecular weight is 156 g/mol. The minimum absolute atomic E-state index is 0. The van der Waals surface area contributed by atoms with Crippen molar-refractivity contribution in [3.8, 4) is 5.75 Å². The molecule has 0 atom stereocenters. The SMILES string of the molecule is C=C(C)c1ccc([O-])cc1.[Na+]. The summed E-state index contributed by atoms with van der Waals surface area (Å²) < 4.78 is 0. The van der Waals surface area contributed by atoms with Crippen molar-refractivity contribution in [1.82, 2.24) is 0 Å². The number of allylic oxidation sites excluding steroid dienone is 1. The van der Waals surface area contributed by atoms with Crippen molar-refractivity contribution in [3.63, 3.8) is 0 Å². The van der Waals surface area contributed by atoms with E-state index in [4.69, 9.17) is 0 Å². The number of hydrogen-bond donors (Lipinski definition) is 0. The molecular formula is C9H9NaO. The predicted octanol–water partition coefficient (Wildman–Crippen LogP) is -1.20. The van der Waals surface area contributed by atoms with E-state index in [1.165, 1.54) is 0 Å². The molecule has 0 aliphatic heterocycles. The summed E-state index contributed by atoms with van der Waals surface area (Å²) in [5, 5.41) is 10.6. The summed E-state index contributed by atoms with van der Waals surface area (Å²) in [6.45, 7) is 5.67. The third kappa shape index (κ3) is 3.10. The zero-order valence-electron chi connectivity index (χ0n) is 6.92. The van der Waals surface area contributed by atoms with Crippen molar-refractivity contribution >= 4 is 5.57 Å². The number of hydrogen-bond acceptors (Lipinski definition) is 1. The summed E-state index contributed by atoms with van der Waals surface area (Å²) in [5.41, 5.74) is 2.01. The van der Waals surface area contributed by atoms with E-state index in [2.05, 4.69) is 6.58 Å². The van der Waals surface area contributed by atoms with Gasteiger partial charge in [0.15, 0.2) is 0 Å². The van der Waals surface area contributed by atoms with Crippen LogP contribution in [0.5, 0.6) is 5.75 Å². The van der Waals surface area contributed by atoms with Gasteiger partial charge in [0, 0.05) is 0 Å². The molecule has 1 rings (SSSR count). The van der Waals surface area contributed by atoms with Crippen LogP contribution in [0.15, 0.2) is 30.8 Å². The van der Waals surface area contributed by atoms with E-state index in [1.54, 1.807) is 24.3 Å². The van der Waals surface area contributed by atoms with E-state index in [0.717, 1.165) is 11.1 Å². The van der Waals surface area contributed by atoms with Crippen LogP contribution in [0.4, 0.5) is 0 Å². The Morgan fingerprint density at radius 2 is 1.73 bits per heavy atom. The van der Waals surface area contributed by atoms with Crippen molar-refractivity contribution in [2.45, 2.75) is 6.92 Å². The van der Waals surface area contributed by atoms with Gasteiger partial charge in [0.2, 0.25) is 0 Å². The van der Waals surface area contributed by atoms with Crippen LogP contribution in [-0.4, -0.2) is 0 Å². The zero-order valence-corrected chi connectivity index (χ0v) is 8.92. The normalized spacial score (nSPS) is 8.45. The maximum atomic E-state index is 10.6. The monoisotopic (exact) mass is 156 g/mol. The van der Waals surface area contributed by atoms with Gasteiger partial charge >= 0.3 is 29.6 Å². The zero-order chi connectivity index (χ0) is 7.56. The molecule has 0 unspecified atom stereocenters. The van der Waals surface area contributed by atoms with Crippen LogP contribution >= 0.6 is 0 Å². The van der Waals surface area contributed by atoms with E-state index in [1.807, 2.05) is 6.92 Å². The second-order valence-corrected chi connectivity index (χ2v) is 2.30. The first-order chi connectivity index (χ1) is 4.70. The number of benzene rings is 1. The molecule has 0 N–H and O–H groups in total. The van der Waals surface area contributed by atoms with E-state index >= 15 is 0 Å². The predicted molar refractivity (Wildman–Crippen MR) is 40.6 cm³/mol. The van der Waals surface area contributed by atoms with E-state index in [0.29, 0.717) is 0 Å². The Labute approximate surface area is 89.0 Å². The molecule has 0 aliphatic carbocycles. The fraction of sp³-hybridized carbons (Fsp3) is 0.111. The molecule has 0 bridgehead atoms. The summed E-state index contributed by atoms with van der Waals surface area (Å²) in [6, 6.07) is 6.66. The van der Waals surface area contributed by atoms with Crippen LogP contribution in [-0.2, 0) is 0 Å². The molecular weight excluding hydrogens is 147 g/mol. The molecule has 2 heteroatoms. The van der Waals surface area contributed by atoms with Crippen LogP contribution in [0.25, 0.3) is 5.57 Å². The van der Waals surface area contributed by atoms with Gasteiger partial charge in [-0.15, -0.1) is 5.75 Å². The Bertz CT molecular complexity index is 238. The maximum absolute atomic E-state index is 10.6. The van der Waals surface area contributed by atoms with Crippen LogP contribution < -0.4 is 34.7 Å². The average Bonchev–Trinajstić information content (AvgIpc) is 1.88. The molecule has 11 heavy (non-hydrogen) atoms. The molecule has 0 heterocycles. The summed E-state index contributed by atoms with van der Waals surface area (Å²) in [7, 11) is 0.